The summed E-state index contributed by atoms with van der Waals surface area (Å²) in [5.74, 6) is 1.72. The topological polar surface area (TPSA) is 42.7 Å². The third-order valence-corrected chi connectivity index (χ3v) is 3.69. The number of fused-ring (bicyclic) bond motifs is 1. The minimum absolute atomic E-state index is 0.206. The number of hydrogen-bond donors (Lipinski definition) is 1. The Bertz CT molecular complexity index is 594. The molecule has 1 aromatic heterocycles. The zero-order chi connectivity index (χ0) is 12.7. The predicted octanol–water partition coefficient (Wildman–Crippen LogP) is 2.92. The van der Waals surface area contributed by atoms with Gasteiger partial charge in [0.25, 0.3) is 0 Å². The van der Waals surface area contributed by atoms with Gasteiger partial charge in [0.05, 0.1) is 11.1 Å². The van der Waals surface area contributed by atoms with E-state index in [1.54, 1.807) is 12.1 Å². The normalized spacial score (nSPS) is 18.7. The molecule has 3 rings (SSSR count). The van der Waals surface area contributed by atoms with Gasteiger partial charge in [0, 0.05) is 23.7 Å². The Morgan fingerprint density at radius 1 is 1.33 bits per heavy atom. The van der Waals surface area contributed by atoms with Crippen LogP contribution in [0.3, 0.4) is 0 Å². The van der Waals surface area contributed by atoms with Crippen LogP contribution >= 0.6 is 23.2 Å². The average molecular weight is 283 g/mol. The zero-order valence-electron chi connectivity index (χ0n) is 9.82. The SMILES string of the molecule is CC1NCCn2c(-c3cc(Cl)ccc3Cl)nnc21. The van der Waals surface area contributed by atoms with Crippen LogP contribution in [0, 0.1) is 0 Å². The summed E-state index contributed by atoms with van der Waals surface area (Å²) in [6.45, 7) is 3.81. The first-order chi connectivity index (χ1) is 8.66. The largest absolute Gasteiger partial charge is 0.308 e. The average Bonchev–Trinajstić information content (AvgIpc) is 2.77. The van der Waals surface area contributed by atoms with Crippen molar-refractivity contribution in [2.45, 2.75) is 19.5 Å². The quantitative estimate of drug-likeness (QED) is 0.875. The van der Waals surface area contributed by atoms with Crippen LogP contribution in [-0.2, 0) is 6.54 Å². The second-order valence-electron chi connectivity index (χ2n) is 4.33. The van der Waals surface area contributed by atoms with Gasteiger partial charge >= 0.3 is 0 Å². The number of aromatic nitrogens is 3. The van der Waals surface area contributed by atoms with Gasteiger partial charge in [-0.3, -0.25) is 0 Å². The lowest BCUT2D eigenvalue weighted by molar-refractivity contribution is 0.439. The predicted molar refractivity (Wildman–Crippen MR) is 71.9 cm³/mol. The monoisotopic (exact) mass is 282 g/mol. The van der Waals surface area contributed by atoms with Crippen molar-refractivity contribution in [3.05, 3.63) is 34.1 Å². The molecule has 1 unspecified atom stereocenters. The molecule has 0 aliphatic carbocycles. The number of hydrogen-bond acceptors (Lipinski definition) is 3. The molecule has 0 saturated carbocycles. The summed E-state index contributed by atoms with van der Waals surface area (Å²) < 4.78 is 2.10. The number of benzene rings is 1. The smallest absolute Gasteiger partial charge is 0.165 e. The van der Waals surface area contributed by atoms with Crippen molar-refractivity contribution in [2.24, 2.45) is 0 Å². The minimum atomic E-state index is 0.206. The van der Waals surface area contributed by atoms with Gasteiger partial charge in [-0.25, -0.2) is 0 Å². The molecule has 18 heavy (non-hydrogen) atoms. The fourth-order valence-corrected chi connectivity index (χ4v) is 2.58. The molecular formula is C12H12Cl2N4. The maximum atomic E-state index is 6.21. The van der Waals surface area contributed by atoms with Crippen LogP contribution in [0.2, 0.25) is 10.0 Å². The van der Waals surface area contributed by atoms with Gasteiger partial charge in [-0.05, 0) is 25.1 Å². The zero-order valence-corrected chi connectivity index (χ0v) is 11.3. The van der Waals surface area contributed by atoms with Crippen molar-refractivity contribution in [3.8, 4) is 11.4 Å². The third kappa shape index (κ3) is 1.90. The standard InChI is InChI=1S/C12H12Cl2N4/c1-7-11-16-17-12(18(11)5-4-15-7)9-6-8(13)2-3-10(9)14/h2-3,6-7,15H,4-5H2,1H3. The summed E-state index contributed by atoms with van der Waals surface area (Å²) in [5.41, 5.74) is 0.831. The second kappa shape index (κ2) is 4.53. The van der Waals surface area contributed by atoms with Gasteiger partial charge < -0.3 is 9.88 Å². The van der Waals surface area contributed by atoms with Crippen LogP contribution in [0.15, 0.2) is 18.2 Å². The molecule has 1 atom stereocenters. The molecule has 0 fully saturated rings. The Hall–Kier alpha value is -1.10. The molecule has 1 aromatic carbocycles. The van der Waals surface area contributed by atoms with E-state index in [-0.39, 0.29) is 6.04 Å². The Kier molecular flexibility index (Phi) is 3.01. The van der Waals surface area contributed by atoms with Crippen molar-refractivity contribution >= 4 is 23.2 Å². The molecule has 0 saturated heterocycles. The van der Waals surface area contributed by atoms with Crippen molar-refractivity contribution < 1.29 is 0 Å². The van der Waals surface area contributed by atoms with Crippen LogP contribution < -0.4 is 5.32 Å². The number of rotatable bonds is 1. The summed E-state index contributed by atoms with van der Waals surface area (Å²) in [6.07, 6.45) is 0. The minimum Gasteiger partial charge on any atom is -0.308 e. The summed E-state index contributed by atoms with van der Waals surface area (Å²) >= 11 is 12.2. The van der Waals surface area contributed by atoms with Crippen LogP contribution in [0.5, 0.6) is 0 Å². The molecule has 0 bridgehead atoms. The second-order valence-corrected chi connectivity index (χ2v) is 5.18. The maximum absolute atomic E-state index is 6.21. The first-order valence-corrected chi connectivity index (χ1v) is 6.54. The number of nitrogens with one attached hydrogen (secondary N) is 1. The maximum Gasteiger partial charge on any atom is 0.165 e. The van der Waals surface area contributed by atoms with Crippen LogP contribution in [0.25, 0.3) is 11.4 Å². The van der Waals surface area contributed by atoms with E-state index >= 15 is 0 Å². The highest BCUT2D eigenvalue weighted by atomic mass is 35.5. The Balaban J connectivity index is 2.15. The summed E-state index contributed by atoms with van der Waals surface area (Å²) in [7, 11) is 0. The lowest BCUT2D eigenvalue weighted by Crippen LogP contribution is -2.32. The molecule has 6 heteroatoms. The highest BCUT2D eigenvalue weighted by Crippen LogP contribution is 2.31. The molecule has 1 aliphatic rings. The first-order valence-electron chi connectivity index (χ1n) is 5.78. The number of halogens is 2. The van der Waals surface area contributed by atoms with Gasteiger partial charge in [-0.2, -0.15) is 0 Å². The summed E-state index contributed by atoms with van der Waals surface area (Å²) in [5, 5.41) is 13.1. The first kappa shape index (κ1) is 12.0. The third-order valence-electron chi connectivity index (χ3n) is 3.12. The Morgan fingerprint density at radius 2 is 2.17 bits per heavy atom. The lowest BCUT2D eigenvalue weighted by Gasteiger charge is -2.22. The highest BCUT2D eigenvalue weighted by Gasteiger charge is 2.23. The van der Waals surface area contributed by atoms with E-state index in [2.05, 4.69) is 27.0 Å². The Morgan fingerprint density at radius 3 is 3.00 bits per heavy atom. The lowest BCUT2D eigenvalue weighted by atomic mass is 10.2. The molecule has 0 spiro atoms. The van der Waals surface area contributed by atoms with Crippen LogP contribution in [0.1, 0.15) is 18.8 Å². The molecule has 2 heterocycles. The van der Waals surface area contributed by atoms with Gasteiger partial charge in [-0.15, -0.1) is 10.2 Å². The number of nitrogens with zero attached hydrogens (tertiary/aromatic N) is 3. The van der Waals surface area contributed by atoms with Gasteiger partial charge in [0.2, 0.25) is 0 Å². The van der Waals surface area contributed by atoms with E-state index in [0.717, 1.165) is 30.3 Å². The molecule has 2 aromatic rings. The molecule has 1 aliphatic heterocycles. The molecule has 0 radical (unpaired) electrons. The van der Waals surface area contributed by atoms with Gasteiger partial charge in [0.1, 0.15) is 5.82 Å². The molecule has 4 nitrogen and oxygen atoms in total. The molecular weight excluding hydrogens is 271 g/mol. The van der Waals surface area contributed by atoms with E-state index < -0.39 is 0 Å². The fraction of sp³-hybridized carbons (Fsp3) is 0.333. The fourth-order valence-electron chi connectivity index (χ4n) is 2.21. The van der Waals surface area contributed by atoms with E-state index in [0.29, 0.717) is 10.0 Å². The van der Waals surface area contributed by atoms with Gasteiger partial charge in [0.15, 0.2) is 5.82 Å². The van der Waals surface area contributed by atoms with E-state index in [4.69, 9.17) is 23.2 Å². The highest BCUT2D eigenvalue weighted by molar-refractivity contribution is 6.35. The van der Waals surface area contributed by atoms with Crippen molar-refractivity contribution in [2.75, 3.05) is 6.54 Å². The van der Waals surface area contributed by atoms with Crippen molar-refractivity contribution in [1.82, 2.24) is 20.1 Å². The van der Waals surface area contributed by atoms with Crippen LogP contribution in [0.4, 0.5) is 0 Å². The summed E-state index contributed by atoms with van der Waals surface area (Å²) in [6, 6.07) is 5.59. The summed E-state index contributed by atoms with van der Waals surface area (Å²) in [4.78, 5) is 0. The Labute approximate surface area is 115 Å². The van der Waals surface area contributed by atoms with Crippen LogP contribution in [-0.4, -0.2) is 21.3 Å². The van der Waals surface area contributed by atoms with E-state index in [9.17, 15) is 0 Å². The molecule has 1 N–H and O–H groups in total. The molecule has 94 valence electrons. The van der Waals surface area contributed by atoms with E-state index in [1.807, 2.05) is 6.07 Å². The van der Waals surface area contributed by atoms with Gasteiger partial charge in [-0.1, -0.05) is 23.2 Å². The van der Waals surface area contributed by atoms with E-state index in [1.165, 1.54) is 0 Å². The molecule has 0 amide bonds. The van der Waals surface area contributed by atoms with Crippen molar-refractivity contribution in [1.29, 1.82) is 0 Å². The van der Waals surface area contributed by atoms with Crippen molar-refractivity contribution in [3.63, 3.8) is 0 Å².